The second-order valence-electron chi connectivity index (χ2n) is 7.06. The summed E-state index contributed by atoms with van der Waals surface area (Å²) in [5.74, 6) is -0.0295. The van der Waals surface area contributed by atoms with E-state index in [4.69, 9.17) is 4.74 Å². The first-order valence-corrected chi connectivity index (χ1v) is 10.4. The SMILES string of the molecule is CCCCC=CC=CC=CCCCCC(=O)CCC(=O)OC1CCCC1. The zero-order valence-corrected chi connectivity index (χ0v) is 16.5. The highest BCUT2D eigenvalue weighted by atomic mass is 16.5. The molecule has 0 unspecified atom stereocenters. The largest absolute Gasteiger partial charge is 0.462 e. The summed E-state index contributed by atoms with van der Waals surface area (Å²) in [6.45, 7) is 2.20. The van der Waals surface area contributed by atoms with Gasteiger partial charge in [-0.05, 0) is 51.4 Å². The number of carbonyl (C=O) groups is 2. The number of hydrogen-bond acceptors (Lipinski definition) is 3. The van der Waals surface area contributed by atoms with Gasteiger partial charge in [0.2, 0.25) is 0 Å². The normalized spacial score (nSPS) is 15.6. The lowest BCUT2D eigenvalue weighted by Crippen LogP contribution is -2.15. The summed E-state index contributed by atoms with van der Waals surface area (Å²) in [7, 11) is 0. The molecule has 0 radical (unpaired) electrons. The third-order valence-electron chi connectivity index (χ3n) is 4.61. The molecule has 0 saturated heterocycles. The van der Waals surface area contributed by atoms with Crippen LogP contribution in [0.2, 0.25) is 0 Å². The summed E-state index contributed by atoms with van der Waals surface area (Å²) >= 11 is 0. The summed E-state index contributed by atoms with van der Waals surface area (Å²) in [6, 6.07) is 0. The predicted octanol–water partition coefficient (Wildman–Crippen LogP) is 6.24. The van der Waals surface area contributed by atoms with E-state index in [1.807, 2.05) is 6.08 Å². The van der Waals surface area contributed by atoms with Crippen LogP contribution in [0.4, 0.5) is 0 Å². The molecule has 146 valence electrons. The van der Waals surface area contributed by atoms with Crippen LogP contribution < -0.4 is 0 Å². The van der Waals surface area contributed by atoms with Crippen molar-refractivity contribution in [1.82, 2.24) is 0 Å². The number of unbranched alkanes of at least 4 members (excludes halogenated alkanes) is 4. The monoisotopic (exact) mass is 360 g/mol. The van der Waals surface area contributed by atoms with E-state index in [-0.39, 0.29) is 24.3 Å². The van der Waals surface area contributed by atoms with E-state index in [0.717, 1.165) is 51.4 Å². The van der Waals surface area contributed by atoms with Crippen LogP contribution in [0.3, 0.4) is 0 Å². The Bertz CT molecular complexity index is 468. The molecule has 0 atom stereocenters. The first kappa shape index (κ1) is 22.4. The first-order chi connectivity index (χ1) is 12.7. The highest BCUT2D eigenvalue weighted by Crippen LogP contribution is 2.21. The van der Waals surface area contributed by atoms with Crippen molar-refractivity contribution in [2.24, 2.45) is 0 Å². The van der Waals surface area contributed by atoms with Crippen LogP contribution in [0.25, 0.3) is 0 Å². The first-order valence-electron chi connectivity index (χ1n) is 10.4. The van der Waals surface area contributed by atoms with Gasteiger partial charge < -0.3 is 4.74 Å². The number of Topliss-reactive ketones (excluding diaryl/α,β-unsaturated/α-hetero) is 1. The average molecular weight is 361 g/mol. The van der Waals surface area contributed by atoms with Crippen molar-refractivity contribution in [1.29, 1.82) is 0 Å². The van der Waals surface area contributed by atoms with Gasteiger partial charge in [-0.25, -0.2) is 0 Å². The van der Waals surface area contributed by atoms with E-state index in [2.05, 4.69) is 37.3 Å². The molecule has 26 heavy (non-hydrogen) atoms. The van der Waals surface area contributed by atoms with Crippen molar-refractivity contribution in [3.05, 3.63) is 36.5 Å². The van der Waals surface area contributed by atoms with Crippen LogP contribution >= 0.6 is 0 Å². The average Bonchev–Trinajstić information content (AvgIpc) is 3.14. The summed E-state index contributed by atoms with van der Waals surface area (Å²) in [5.41, 5.74) is 0. The maximum atomic E-state index is 11.8. The molecule has 0 heterocycles. The van der Waals surface area contributed by atoms with Crippen molar-refractivity contribution in [2.75, 3.05) is 0 Å². The van der Waals surface area contributed by atoms with Crippen LogP contribution in [0.1, 0.15) is 90.4 Å². The Hall–Kier alpha value is -1.64. The van der Waals surface area contributed by atoms with Crippen molar-refractivity contribution in [2.45, 2.75) is 96.5 Å². The van der Waals surface area contributed by atoms with Crippen LogP contribution in [0, 0.1) is 0 Å². The van der Waals surface area contributed by atoms with Gasteiger partial charge in [-0.15, -0.1) is 0 Å². The number of rotatable bonds is 14. The van der Waals surface area contributed by atoms with E-state index >= 15 is 0 Å². The minimum atomic E-state index is -0.205. The summed E-state index contributed by atoms with van der Waals surface area (Å²) in [4.78, 5) is 23.5. The second-order valence-corrected chi connectivity index (χ2v) is 7.06. The molecule has 0 spiro atoms. The molecule has 0 amide bonds. The molecule has 0 aromatic heterocycles. The minimum Gasteiger partial charge on any atom is -0.462 e. The number of ether oxygens (including phenoxy) is 1. The summed E-state index contributed by atoms with van der Waals surface area (Å²) in [6.07, 6.45) is 24.6. The highest BCUT2D eigenvalue weighted by Gasteiger charge is 2.19. The van der Waals surface area contributed by atoms with Gasteiger partial charge in [0, 0.05) is 12.8 Å². The van der Waals surface area contributed by atoms with Gasteiger partial charge >= 0.3 is 5.97 Å². The molecule has 1 aliphatic rings. The maximum absolute atomic E-state index is 11.8. The van der Waals surface area contributed by atoms with Crippen LogP contribution in [0.15, 0.2) is 36.5 Å². The van der Waals surface area contributed by atoms with E-state index in [1.165, 1.54) is 12.8 Å². The number of esters is 1. The zero-order valence-electron chi connectivity index (χ0n) is 16.5. The predicted molar refractivity (Wildman–Crippen MR) is 108 cm³/mol. The second kappa shape index (κ2) is 15.6. The lowest BCUT2D eigenvalue weighted by atomic mass is 10.1. The molecule has 1 aliphatic carbocycles. The number of hydrogen-bond donors (Lipinski definition) is 0. The van der Waals surface area contributed by atoms with Gasteiger partial charge in [-0.3, -0.25) is 9.59 Å². The van der Waals surface area contributed by atoms with E-state index < -0.39 is 0 Å². The Morgan fingerprint density at radius 2 is 1.50 bits per heavy atom. The van der Waals surface area contributed by atoms with Crippen molar-refractivity contribution in [3.63, 3.8) is 0 Å². The minimum absolute atomic E-state index is 0.102. The lowest BCUT2D eigenvalue weighted by molar-refractivity contribution is -0.149. The molecular weight excluding hydrogens is 324 g/mol. The quantitative estimate of drug-likeness (QED) is 0.209. The molecule has 3 heteroatoms. The van der Waals surface area contributed by atoms with Gasteiger partial charge in [-0.1, -0.05) is 56.2 Å². The Labute approximate surface area is 159 Å². The van der Waals surface area contributed by atoms with Gasteiger partial charge in [0.1, 0.15) is 11.9 Å². The molecular formula is C23H36O3. The van der Waals surface area contributed by atoms with Gasteiger partial charge in [0.15, 0.2) is 0 Å². The lowest BCUT2D eigenvalue weighted by Gasteiger charge is -2.10. The van der Waals surface area contributed by atoms with E-state index in [1.54, 1.807) is 0 Å². The number of allylic oxidation sites excluding steroid dienone is 6. The molecule has 0 aromatic rings. The maximum Gasteiger partial charge on any atom is 0.306 e. The smallest absolute Gasteiger partial charge is 0.306 e. The molecule has 1 fully saturated rings. The van der Waals surface area contributed by atoms with Crippen LogP contribution in [-0.4, -0.2) is 17.9 Å². The summed E-state index contributed by atoms with van der Waals surface area (Å²) < 4.78 is 5.37. The molecule has 0 aliphatic heterocycles. The van der Waals surface area contributed by atoms with E-state index in [0.29, 0.717) is 12.8 Å². The Morgan fingerprint density at radius 3 is 2.15 bits per heavy atom. The third kappa shape index (κ3) is 12.7. The van der Waals surface area contributed by atoms with E-state index in [9.17, 15) is 9.59 Å². The number of ketones is 1. The number of carbonyl (C=O) groups excluding carboxylic acids is 2. The topological polar surface area (TPSA) is 43.4 Å². The molecule has 0 bridgehead atoms. The molecule has 1 saturated carbocycles. The summed E-state index contributed by atoms with van der Waals surface area (Å²) in [5, 5.41) is 0. The Balaban J connectivity index is 1.95. The fraction of sp³-hybridized carbons (Fsp3) is 0.652. The fourth-order valence-corrected chi connectivity index (χ4v) is 3.00. The fourth-order valence-electron chi connectivity index (χ4n) is 3.00. The Morgan fingerprint density at radius 1 is 0.846 bits per heavy atom. The van der Waals surface area contributed by atoms with Gasteiger partial charge in [-0.2, -0.15) is 0 Å². The van der Waals surface area contributed by atoms with Crippen LogP contribution in [0.5, 0.6) is 0 Å². The zero-order chi connectivity index (χ0) is 18.9. The highest BCUT2D eigenvalue weighted by molar-refractivity contribution is 5.82. The molecule has 3 nitrogen and oxygen atoms in total. The van der Waals surface area contributed by atoms with Gasteiger partial charge in [0.05, 0.1) is 6.42 Å². The van der Waals surface area contributed by atoms with Crippen molar-refractivity contribution >= 4 is 11.8 Å². The third-order valence-corrected chi connectivity index (χ3v) is 4.61. The Kier molecular flexibility index (Phi) is 13.4. The van der Waals surface area contributed by atoms with Crippen molar-refractivity contribution < 1.29 is 14.3 Å². The standard InChI is InChI=1S/C23H36O3/c1-2-3-4-5-6-7-8-9-10-11-12-13-16-21(24)19-20-23(25)26-22-17-14-15-18-22/h5-10,22H,2-4,11-20H2,1H3. The van der Waals surface area contributed by atoms with Gasteiger partial charge in [0.25, 0.3) is 0 Å². The molecule has 0 aromatic carbocycles. The van der Waals surface area contributed by atoms with Crippen molar-refractivity contribution in [3.8, 4) is 0 Å². The van der Waals surface area contributed by atoms with Crippen LogP contribution in [-0.2, 0) is 14.3 Å². The molecule has 1 rings (SSSR count). The molecule has 0 N–H and O–H groups in total.